The zero-order valence-electron chi connectivity index (χ0n) is 18.5. The fraction of sp³-hybridized carbons (Fsp3) is 0.0769. The highest BCUT2D eigenvalue weighted by molar-refractivity contribution is 6.39. The van der Waals surface area contributed by atoms with Crippen LogP contribution >= 0.6 is 0 Å². The van der Waals surface area contributed by atoms with Crippen LogP contribution in [0.15, 0.2) is 78.4 Å². The van der Waals surface area contributed by atoms with Crippen molar-refractivity contribution in [3.8, 4) is 11.5 Å². The van der Waals surface area contributed by atoms with E-state index >= 15 is 0 Å². The van der Waals surface area contributed by atoms with Gasteiger partial charge in [0, 0.05) is 0 Å². The molecular weight excluding hydrogens is 452 g/mol. The Morgan fingerprint density at radius 2 is 1.69 bits per heavy atom. The zero-order valence-corrected chi connectivity index (χ0v) is 18.5. The van der Waals surface area contributed by atoms with Gasteiger partial charge >= 0.3 is 6.03 Å². The molecule has 0 unspecified atom stereocenters. The summed E-state index contributed by atoms with van der Waals surface area (Å²) < 4.78 is 11.2. The molecule has 1 N–H and O–H groups in total. The minimum absolute atomic E-state index is 0.0672. The lowest BCUT2D eigenvalue weighted by molar-refractivity contribution is -0.255. The lowest BCUT2D eigenvalue weighted by atomic mass is 10.1. The van der Waals surface area contributed by atoms with E-state index in [2.05, 4.69) is 5.32 Å². The third-order valence-corrected chi connectivity index (χ3v) is 5.20. The van der Waals surface area contributed by atoms with Crippen LogP contribution < -0.4 is 24.8 Å². The molecule has 1 heterocycles. The highest BCUT2D eigenvalue weighted by Gasteiger charge is 2.36. The number of para-hydroxylation sites is 1. The van der Waals surface area contributed by atoms with Crippen LogP contribution in [0.4, 0.5) is 10.5 Å². The van der Waals surface area contributed by atoms with Crippen molar-refractivity contribution in [3.05, 3.63) is 95.1 Å². The second kappa shape index (κ2) is 9.92. The number of carbonyl (C=O) groups excluding carboxylic acids is 4. The number of hydrogen-bond donors (Lipinski definition) is 1. The summed E-state index contributed by atoms with van der Waals surface area (Å²) in [5.41, 5.74) is 1.41. The number of barbiturate groups is 1. The molecule has 1 aliphatic heterocycles. The normalized spacial score (nSPS) is 14.6. The molecule has 176 valence electrons. The molecule has 9 heteroatoms. The number of nitrogens with zero attached hydrogens (tertiary/aromatic N) is 1. The van der Waals surface area contributed by atoms with Gasteiger partial charge in [-0.15, -0.1) is 0 Å². The molecule has 0 spiro atoms. The molecule has 35 heavy (non-hydrogen) atoms. The highest BCUT2D eigenvalue weighted by Crippen LogP contribution is 2.30. The number of benzene rings is 3. The van der Waals surface area contributed by atoms with Crippen LogP contribution in [0.1, 0.15) is 21.5 Å². The van der Waals surface area contributed by atoms with Gasteiger partial charge in [-0.3, -0.25) is 14.9 Å². The summed E-state index contributed by atoms with van der Waals surface area (Å²) in [5, 5.41) is 13.0. The van der Waals surface area contributed by atoms with E-state index in [1.165, 1.54) is 25.3 Å². The summed E-state index contributed by atoms with van der Waals surface area (Å²) in [7, 11) is 1.45. The number of urea groups is 1. The number of carboxylic acid groups (broad SMARTS) is 1. The third kappa shape index (κ3) is 5.03. The Bertz CT molecular complexity index is 1330. The molecule has 4 rings (SSSR count). The fourth-order valence-corrected chi connectivity index (χ4v) is 3.43. The van der Waals surface area contributed by atoms with E-state index in [-0.39, 0.29) is 17.7 Å². The van der Waals surface area contributed by atoms with Gasteiger partial charge in [0.15, 0.2) is 11.5 Å². The molecule has 0 aliphatic carbocycles. The van der Waals surface area contributed by atoms with Crippen LogP contribution in [0.5, 0.6) is 11.5 Å². The second-order valence-corrected chi connectivity index (χ2v) is 7.48. The fourth-order valence-electron chi connectivity index (χ4n) is 3.43. The molecule has 1 fully saturated rings. The molecule has 1 aliphatic rings. The zero-order chi connectivity index (χ0) is 24.9. The number of anilines is 1. The SMILES string of the molecule is COc1cc(/C=C2/C(=O)NC(=O)N(c3ccccc3)C2=O)ccc1OCc1ccc(C(=O)[O-])cc1. The smallest absolute Gasteiger partial charge is 0.335 e. The van der Waals surface area contributed by atoms with Crippen molar-refractivity contribution < 1.29 is 33.8 Å². The Morgan fingerprint density at radius 1 is 0.971 bits per heavy atom. The summed E-state index contributed by atoms with van der Waals surface area (Å²) in [5.74, 6) is -2.05. The molecule has 4 amide bonds. The summed E-state index contributed by atoms with van der Waals surface area (Å²) in [6, 6.07) is 18.4. The number of imide groups is 2. The van der Waals surface area contributed by atoms with Crippen molar-refractivity contribution in [1.29, 1.82) is 0 Å². The number of hydrogen-bond acceptors (Lipinski definition) is 7. The standard InChI is InChI=1S/C26H20N2O7/c1-34-22-14-17(9-12-21(22)35-15-16-7-10-18(11-8-16)25(31)32)13-20-23(29)27-26(33)28(24(20)30)19-5-3-2-4-6-19/h2-14H,15H2,1H3,(H,31,32)(H,27,29,33)/p-1/b20-13-. The van der Waals surface area contributed by atoms with E-state index in [1.807, 2.05) is 0 Å². The van der Waals surface area contributed by atoms with Crippen LogP contribution in [0.2, 0.25) is 0 Å². The molecule has 9 nitrogen and oxygen atoms in total. The van der Waals surface area contributed by atoms with E-state index in [9.17, 15) is 24.3 Å². The Kier molecular flexibility index (Phi) is 6.59. The Labute approximate surface area is 200 Å². The minimum Gasteiger partial charge on any atom is -0.545 e. The van der Waals surface area contributed by atoms with Crippen molar-refractivity contribution in [3.63, 3.8) is 0 Å². The molecular formula is C26H19N2O7-. The van der Waals surface area contributed by atoms with Gasteiger partial charge in [-0.1, -0.05) is 48.5 Å². The first kappa shape index (κ1) is 23.2. The van der Waals surface area contributed by atoms with E-state index in [1.54, 1.807) is 60.7 Å². The molecule has 3 aromatic carbocycles. The molecule has 1 saturated heterocycles. The largest absolute Gasteiger partial charge is 0.545 e. The van der Waals surface area contributed by atoms with Gasteiger partial charge in [0.05, 0.1) is 18.8 Å². The summed E-state index contributed by atoms with van der Waals surface area (Å²) >= 11 is 0. The van der Waals surface area contributed by atoms with Crippen LogP contribution in [-0.2, 0) is 16.2 Å². The van der Waals surface area contributed by atoms with Gasteiger partial charge in [0.1, 0.15) is 12.2 Å². The number of carboxylic acids is 1. The number of amides is 4. The number of rotatable bonds is 7. The maximum absolute atomic E-state index is 13.0. The van der Waals surface area contributed by atoms with Crippen molar-refractivity contribution in [2.75, 3.05) is 12.0 Å². The van der Waals surface area contributed by atoms with Crippen molar-refractivity contribution in [2.45, 2.75) is 6.61 Å². The average Bonchev–Trinajstić information content (AvgIpc) is 2.86. The Morgan fingerprint density at radius 3 is 2.34 bits per heavy atom. The molecule has 3 aromatic rings. The highest BCUT2D eigenvalue weighted by atomic mass is 16.5. The first-order chi connectivity index (χ1) is 16.9. The monoisotopic (exact) mass is 471 g/mol. The summed E-state index contributed by atoms with van der Waals surface area (Å²) in [6.07, 6.45) is 1.37. The quantitative estimate of drug-likeness (QED) is 0.414. The average molecular weight is 471 g/mol. The van der Waals surface area contributed by atoms with Gasteiger partial charge in [-0.25, -0.2) is 9.69 Å². The van der Waals surface area contributed by atoms with E-state index in [4.69, 9.17) is 9.47 Å². The lowest BCUT2D eigenvalue weighted by Crippen LogP contribution is -2.54. The predicted octanol–water partition coefficient (Wildman–Crippen LogP) is 2.30. The molecule has 0 aromatic heterocycles. The van der Waals surface area contributed by atoms with Gasteiger partial charge in [0.2, 0.25) is 0 Å². The number of nitrogens with one attached hydrogen (secondary N) is 1. The van der Waals surface area contributed by atoms with Crippen molar-refractivity contribution in [1.82, 2.24) is 5.32 Å². The number of carbonyl (C=O) groups is 4. The van der Waals surface area contributed by atoms with Gasteiger partial charge in [-0.2, -0.15) is 0 Å². The van der Waals surface area contributed by atoms with Crippen molar-refractivity contribution in [2.24, 2.45) is 0 Å². The number of aromatic carboxylic acids is 1. The van der Waals surface area contributed by atoms with Gasteiger partial charge < -0.3 is 19.4 Å². The van der Waals surface area contributed by atoms with Gasteiger partial charge in [-0.05, 0) is 47.0 Å². The Hall–Kier alpha value is -4.92. The van der Waals surface area contributed by atoms with Crippen molar-refractivity contribution >= 4 is 35.6 Å². The van der Waals surface area contributed by atoms with E-state index in [0.29, 0.717) is 22.7 Å². The molecule has 0 saturated carbocycles. The van der Waals surface area contributed by atoms with Crippen LogP contribution in [0.25, 0.3) is 6.08 Å². The van der Waals surface area contributed by atoms with E-state index in [0.717, 1.165) is 10.5 Å². The molecule has 0 bridgehead atoms. The van der Waals surface area contributed by atoms with Gasteiger partial charge in [0.25, 0.3) is 11.8 Å². The second-order valence-electron chi connectivity index (χ2n) is 7.48. The predicted molar refractivity (Wildman–Crippen MR) is 124 cm³/mol. The maximum atomic E-state index is 13.0. The van der Waals surface area contributed by atoms with Crippen LogP contribution in [0.3, 0.4) is 0 Å². The third-order valence-electron chi connectivity index (χ3n) is 5.20. The maximum Gasteiger partial charge on any atom is 0.335 e. The first-order valence-electron chi connectivity index (χ1n) is 10.4. The first-order valence-corrected chi connectivity index (χ1v) is 10.4. The summed E-state index contributed by atoms with van der Waals surface area (Å²) in [6.45, 7) is 0.152. The van der Waals surface area contributed by atoms with Crippen LogP contribution in [0, 0.1) is 0 Å². The number of methoxy groups -OCH3 is 1. The van der Waals surface area contributed by atoms with Crippen LogP contribution in [-0.4, -0.2) is 30.9 Å². The molecule has 0 radical (unpaired) electrons. The molecule has 0 atom stereocenters. The number of ether oxygens (including phenoxy) is 2. The minimum atomic E-state index is -1.26. The van der Waals surface area contributed by atoms with E-state index < -0.39 is 23.8 Å². The topological polar surface area (TPSA) is 125 Å². The summed E-state index contributed by atoms with van der Waals surface area (Å²) in [4.78, 5) is 49.4. The Balaban J connectivity index is 1.55. The lowest BCUT2D eigenvalue weighted by Gasteiger charge is -2.26.